The summed E-state index contributed by atoms with van der Waals surface area (Å²) in [5.74, 6) is -0.490. The van der Waals surface area contributed by atoms with Crippen LogP contribution >= 0.6 is 0 Å². The summed E-state index contributed by atoms with van der Waals surface area (Å²) in [4.78, 5) is 20.0. The second kappa shape index (κ2) is 7.36. The Hall–Kier alpha value is -2.56. The third kappa shape index (κ3) is 3.82. The molecule has 2 heterocycles. The predicted molar refractivity (Wildman–Crippen MR) is 107 cm³/mol. The molecular formula is C21H28N4O. The summed E-state index contributed by atoms with van der Waals surface area (Å²) in [5.41, 5.74) is 9.49. The van der Waals surface area contributed by atoms with Gasteiger partial charge in [-0.05, 0) is 41.7 Å². The van der Waals surface area contributed by atoms with Gasteiger partial charge >= 0.3 is 0 Å². The SMILES string of the molecule is CCC(C)(C)c1cccc(N2CCN(c3ccc(C(N)=O)nc3)CC2)c1. The van der Waals surface area contributed by atoms with E-state index in [-0.39, 0.29) is 5.41 Å². The Morgan fingerprint density at radius 3 is 2.27 bits per heavy atom. The molecule has 5 heteroatoms. The first-order chi connectivity index (χ1) is 12.4. The van der Waals surface area contributed by atoms with Crippen LogP contribution < -0.4 is 15.5 Å². The summed E-state index contributed by atoms with van der Waals surface area (Å²) < 4.78 is 0. The zero-order chi connectivity index (χ0) is 18.7. The van der Waals surface area contributed by atoms with E-state index >= 15 is 0 Å². The van der Waals surface area contributed by atoms with E-state index in [2.05, 4.69) is 59.8 Å². The zero-order valence-electron chi connectivity index (χ0n) is 15.9. The van der Waals surface area contributed by atoms with E-state index < -0.39 is 5.91 Å². The smallest absolute Gasteiger partial charge is 0.267 e. The summed E-state index contributed by atoms with van der Waals surface area (Å²) >= 11 is 0. The van der Waals surface area contributed by atoms with Crippen LogP contribution in [-0.4, -0.2) is 37.1 Å². The van der Waals surface area contributed by atoms with Crippen molar-refractivity contribution in [3.8, 4) is 0 Å². The van der Waals surface area contributed by atoms with Gasteiger partial charge in [0.25, 0.3) is 5.91 Å². The number of piperazine rings is 1. The molecule has 1 aliphatic rings. The van der Waals surface area contributed by atoms with E-state index in [0.29, 0.717) is 5.69 Å². The summed E-state index contributed by atoms with van der Waals surface area (Å²) in [6, 6.07) is 12.6. The summed E-state index contributed by atoms with van der Waals surface area (Å²) in [5, 5.41) is 0. The lowest BCUT2D eigenvalue weighted by Gasteiger charge is -2.37. The van der Waals surface area contributed by atoms with Gasteiger partial charge < -0.3 is 15.5 Å². The highest BCUT2D eigenvalue weighted by molar-refractivity contribution is 5.90. The number of anilines is 2. The van der Waals surface area contributed by atoms with Gasteiger partial charge in [-0.1, -0.05) is 32.9 Å². The molecule has 0 unspecified atom stereocenters. The van der Waals surface area contributed by atoms with E-state index in [9.17, 15) is 4.79 Å². The highest BCUT2D eigenvalue weighted by Gasteiger charge is 2.21. The van der Waals surface area contributed by atoms with E-state index in [1.165, 1.54) is 11.3 Å². The highest BCUT2D eigenvalue weighted by atomic mass is 16.1. The number of amides is 1. The minimum atomic E-state index is -0.490. The molecule has 3 rings (SSSR count). The van der Waals surface area contributed by atoms with Crippen LogP contribution in [0.25, 0.3) is 0 Å². The van der Waals surface area contributed by atoms with Crippen molar-refractivity contribution in [1.29, 1.82) is 0 Å². The zero-order valence-corrected chi connectivity index (χ0v) is 15.9. The Morgan fingerprint density at radius 2 is 1.73 bits per heavy atom. The average Bonchev–Trinajstić information content (AvgIpc) is 2.68. The molecule has 5 nitrogen and oxygen atoms in total. The number of hydrogen-bond donors (Lipinski definition) is 1. The molecule has 1 aromatic carbocycles. The molecular weight excluding hydrogens is 324 g/mol. The molecule has 138 valence electrons. The number of nitrogens with two attached hydrogens (primary N) is 1. The van der Waals surface area contributed by atoms with Crippen molar-refractivity contribution in [2.45, 2.75) is 32.6 Å². The Bertz CT molecular complexity index is 762. The van der Waals surface area contributed by atoms with Crippen molar-refractivity contribution < 1.29 is 4.79 Å². The molecule has 0 radical (unpaired) electrons. The third-order valence-corrected chi connectivity index (χ3v) is 5.52. The van der Waals surface area contributed by atoms with Gasteiger partial charge in [-0.25, -0.2) is 4.98 Å². The minimum Gasteiger partial charge on any atom is -0.368 e. The van der Waals surface area contributed by atoms with Crippen molar-refractivity contribution >= 4 is 17.3 Å². The van der Waals surface area contributed by atoms with Crippen LogP contribution in [0.15, 0.2) is 42.6 Å². The van der Waals surface area contributed by atoms with Crippen LogP contribution in [0.3, 0.4) is 0 Å². The van der Waals surface area contributed by atoms with Crippen LogP contribution in [0.5, 0.6) is 0 Å². The number of benzene rings is 1. The molecule has 1 aliphatic heterocycles. The standard InChI is InChI=1S/C21H28N4O/c1-4-21(2,3)16-6-5-7-17(14-16)24-10-12-25(13-11-24)18-8-9-19(20(22)26)23-15-18/h5-9,14-15H,4,10-13H2,1-3H3,(H2,22,26). The van der Waals surface area contributed by atoms with Crippen LogP contribution in [0.4, 0.5) is 11.4 Å². The molecule has 1 amide bonds. The summed E-state index contributed by atoms with van der Waals surface area (Å²) in [6.45, 7) is 10.6. The first-order valence-corrected chi connectivity index (χ1v) is 9.27. The van der Waals surface area contributed by atoms with Gasteiger partial charge in [-0.3, -0.25) is 4.79 Å². The third-order valence-electron chi connectivity index (χ3n) is 5.52. The van der Waals surface area contributed by atoms with Crippen molar-refractivity contribution in [1.82, 2.24) is 4.98 Å². The number of primary amides is 1. The Balaban J connectivity index is 1.67. The highest BCUT2D eigenvalue weighted by Crippen LogP contribution is 2.30. The van der Waals surface area contributed by atoms with E-state index in [1.54, 1.807) is 12.3 Å². The van der Waals surface area contributed by atoms with E-state index in [4.69, 9.17) is 5.73 Å². The number of nitrogens with zero attached hydrogens (tertiary/aromatic N) is 3. The molecule has 0 atom stereocenters. The molecule has 2 aromatic rings. The summed E-state index contributed by atoms with van der Waals surface area (Å²) in [6.07, 6.45) is 2.86. The molecule has 1 fully saturated rings. The largest absolute Gasteiger partial charge is 0.368 e. The molecule has 0 aliphatic carbocycles. The number of hydrogen-bond acceptors (Lipinski definition) is 4. The van der Waals surface area contributed by atoms with Crippen LogP contribution in [0.2, 0.25) is 0 Å². The first kappa shape index (κ1) is 18.2. The maximum atomic E-state index is 11.1. The van der Waals surface area contributed by atoms with Crippen LogP contribution in [-0.2, 0) is 5.41 Å². The van der Waals surface area contributed by atoms with Crippen molar-refractivity contribution in [2.75, 3.05) is 36.0 Å². The lowest BCUT2D eigenvalue weighted by Crippen LogP contribution is -2.46. The Morgan fingerprint density at radius 1 is 1.08 bits per heavy atom. The molecule has 1 aromatic heterocycles. The molecule has 1 saturated heterocycles. The fraction of sp³-hybridized carbons (Fsp3) is 0.429. The van der Waals surface area contributed by atoms with Gasteiger partial charge in [-0.15, -0.1) is 0 Å². The quantitative estimate of drug-likeness (QED) is 0.898. The fourth-order valence-electron chi connectivity index (χ4n) is 3.27. The van der Waals surface area contributed by atoms with Gasteiger partial charge in [0, 0.05) is 31.9 Å². The molecule has 0 bridgehead atoms. The maximum absolute atomic E-state index is 11.1. The number of carbonyl (C=O) groups is 1. The molecule has 2 N–H and O–H groups in total. The van der Waals surface area contributed by atoms with E-state index in [1.807, 2.05) is 6.07 Å². The number of pyridine rings is 1. The molecule has 0 spiro atoms. The Labute approximate surface area is 155 Å². The lowest BCUT2D eigenvalue weighted by molar-refractivity contribution is 0.0995. The van der Waals surface area contributed by atoms with Crippen LogP contribution in [0, 0.1) is 0 Å². The monoisotopic (exact) mass is 352 g/mol. The second-order valence-electron chi connectivity index (χ2n) is 7.53. The second-order valence-corrected chi connectivity index (χ2v) is 7.53. The summed E-state index contributed by atoms with van der Waals surface area (Å²) in [7, 11) is 0. The first-order valence-electron chi connectivity index (χ1n) is 9.27. The van der Waals surface area contributed by atoms with Gasteiger partial charge in [0.05, 0.1) is 11.9 Å². The van der Waals surface area contributed by atoms with Gasteiger partial charge in [0.2, 0.25) is 0 Å². The number of rotatable bonds is 5. The van der Waals surface area contributed by atoms with E-state index in [0.717, 1.165) is 38.3 Å². The maximum Gasteiger partial charge on any atom is 0.267 e. The Kier molecular flexibility index (Phi) is 5.16. The molecule has 26 heavy (non-hydrogen) atoms. The topological polar surface area (TPSA) is 62.5 Å². The van der Waals surface area contributed by atoms with Crippen molar-refractivity contribution in [2.24, 2.45) is 5.73 Å². The lowest BCUT2D eigenvalue weighted by atomic mass is 9.82. The number of aromatic nitrogens is 1. The molecule has 0 saturated carbocycles. The normalized spacial score (nSPS) is 15.2. The fourth-order valence-corrected chi connectivity index (χ4v) is 3.27. The number of carbonyl (C=O) groups excluding carboxylic acids is 1. The van der Waals surface area contributed by atoms with Gasteiger partial charge in [0.15, 0.2) is 0 Å². The van der Waals surface area contributed by atoms with Crippen molar-refractivity contribution in [3.05, 3.63) is 53.9 Å². The average molecular weight is 352 g/mol. The van der Waals surface area contributed by atoms with Gasteiger partial charge in [0.1, 0.15) is 5.69 Å². The van der Waals surface area contributed by atoms with Crippen molar-refractivity contribution in [3.63, 3.8) is 0 Å². The minimum absolute atomic E-state index is 0.200. The van der Waals surface area contributed by atoms with Gasteiger partial charge in [-0.2, -0.15) is 0 Å². The van der Waals surface area contributed by atoms with Crippen LogP contribution in [0.1, 0.15) is 43.2 Å². The predicted octanol–water partition coefficient (Wildman–Crippen LogP) is 3.19.